The Labute approximate surface area is 95.9 Å². The number of hydrogen-bond donors (Lipinski definition) is 1. The van der Waals surface area contributed by atoms with Gasteiger partial charge in [0, 0.05) is 24.9 Å². The van der Waals surface area contributed by atoms with E-state index in [-0.39, 0.29) is 17.8 Å². The molecule has 7 heteroatoms. The van der Waals surface area contributed by atoms with E-state index in [2.05, 4.69) is 10.2 Å². The van der Waals surface area contributed by atoms with E-state index in [1.807, 2.05) is 0 Å². The number of aromatic carboxylic acids is 1. The van der Waals surface area contributed by atoms with Crippen molar-refractivity contribution in [2.24, 2.45) is 7.05 Å². The Balaban J connectivity index is 2.35. The molecule has 88 valence electrons. The van der Waals surface area contributed by atoms with Crippen molar-refractivity contribution in [2.75, 3.05) is 0 Å². The third kappa shape index (κ3) is 2.39. The van der Waals surface area contributed by atoms with Crippen LogP contribution in [0.5, 0.6) is 0 Å². The number of carboxylic acids is 1. The summed E-state index contributed by atoms with van der Waals surface area (Å²) in [7, 11) is 1.76. The highest BCUT2D eigenvalue weighted by molar-refractivity contribution is 5.84. The van der Waals surface area contributed by atoms with Crippen molar-refractivity contribution in [3.05, 3.63) is 46.1 Å². The van der Waals surface area contributed by atoms with Crippen LogP contribution < -0.4 is 5.56 Å². The number of nitrogens with zero attached hydrogens (tertiary/aromatic N) is 4. The third-order valence-electron chi connectivity index (χ3n) is 2.18. The van der Waals surface area contributed by atoms with Crippen LogP contribution in [0.4, 0.5) is 0 Å². The van der Waals surface area contributed by atoms with Crippen LogP contribution in [0.3, 0.4) is 0 Å². The number of aryl methyl sites for hydroxylation is 1. The van der Waals surface area contributed by atoms with Crippen molar-refractivity contribution < 1.29 is 9.90 Å². The van der Waals surface area contributed by atoms with E-state index in [0.717, 1.165) is 10.2 Å². The van der Waals surface area contributed by atoms with Crippen molar-refractivity contribution in [3.63, 3.8) is 0 Å². The second kappa shape index (κ2) is 4.20. The molecule has 0 fully saturated rings. The molecule has 0 aliphatic heterocycles. The van der Waals surface area contributed by atoms with E-state index < -0.39 is 5.97 Å². The number of aromatic nitrogens is 4. The first kappa shape index (κ1) is 11.1. The van der Waals surface area contributed by atoms with Crippen LogP contribution in [0.2, 0.25) is 0 Å². The number of carboxylic acid groups (broad SMARTS) is 1. The predicted molar refractivity (Wildman–Crippen MR) is 57.8 cm³/mol. The van der Waals surface area contributed by atoms with Gasteiger partial charge >= 0.3 is 5.97 Å². The number of carbonyl (C=O) groups is 1. The highest BCUT2D eigenvalue weighted by atomic mass is 16.4. The molecule has 2 rings (SSSR count). The van der Waals surface area contributed by atoms with Gasteiger partial charge in [-0.15, -0.1) is 0 Å². The average molecular weight is 234 g/mol. The first-order valence-corrected chi connectivity index (χ1v) is 4.85. The summed E-state index contributed by atoms with van der Waals surface area (Å²) >= 11 is 0. The van der Waals surface area contributed by atoms with Gasteiger partial charge in [-0.3, -0.25) is 9.48 Å². The van der Waals surface area contributed by atoms with Crippen LogP contribution in [-0.4, -0.2) is 30.6 Å². The minimum Gasteiger partial charge on any atom is -0.476 e. The first-order chi connectivity index (χ1) is 8.06. The van der Waals surface area contributed by atoms with Crippen LogP contribution in [0.1, 0.15) is 16.1 Å². The van der Waals surface area contributed by atoms with Crippen molar-refractivity contribution in [2.45, 2.75) is 6.54 Å². The molecule has 2 heterocycles. The van der Waals surface area contributed by atoms with E-state index >= 15 is 0 Å². The van der Waals surface area contributed by atoms with Gasteiger partial charge in [-0.05, 0) is 6.07 Å². The lowest BCUT2D eigenvalue weighted by Crippen LogP contribution is -2.24. The SMILES string of the molecule is Cn1cc(Cn2nc(C(=O)O)ccc2=O)cn1. The lowest BCUT2D eigenvalue weighted by molar-refractivity contribution is 0.0687. The molecule has 0 atom stereocenters. The molecule has 0 saturated carbocycles. The van der Waals surface area contributed by atoms with Gasteiger partial charge in [0.2, 0.25) is 0 Å². The Bertz CT molecular complexity index is 614. The summed E-state index contributed by atoms with van der Waals surface area (Å²) < 4.78 is 2.70. The molecule has 2 aromatic heterocycles. The Morgan fingerprint density at radius 1 is 1.47 bits per heavy atom. The fourth-order valence-corrected chi connectivity index (χ4v) is 1.40. The molecule has 0 amide bonds. The van der Waals surface area contributed by atoms with Crippen LogP contribution in [0.15, 0.2) is 29.3 Å². The van der Waals surface area contributed by atoms with Crippen molar-refractivity contribution in [3.8, 4) is 0 Å². The van der Waals surface area contributed by atoms with E-state index in [9.17, 15) is 9.59 Å². The maximum Gasteiger partial charge on any atom is 0.356 e. The Hall–Kier alpha value is -2.44. The molecule has 0 saturated heterocycles. The molecular weight excluding hydrogens is 224 g/mol. The third-order valence-corrected chi connectivity index (χ3v) is 2.18. The molecule has 0 aromatic carbocycles. The number of rotatable bonds is 3. The summed E-state index contributed by atoms with van der Waals surface area (Å²) in [5.74, 6) is -1.16. The van der Waals surface area contributed by atoms with Gasteiger partial charge in [0.1, 0.15) is 0 Å². The molecular formula is C10H10N4O3. The molecule has 0 bridgehead atoms. The molecule has 0 spiro atoms. The summed E-state index contributed by atoms with van der Waals surface area (Å²) in [6.45, 7) is 0.202. The number of hydrogen-bond acceptors (Lipinski definition) is 4. The average Bonchev–Trinajstić information content (AvgIpc) is 2.67. The van der Waals surface area contributed by atoms with Crippen LogP contribution >= 0.6 is 0 Å². The normalized spacial score (nSPS) is 10.4. The van der Waals surface area contributed by atoms with Crippen LogP contribution in [0.25, 0.3) is 0 Å². The summed E-state index contributed by atoms with van der Waals surface area (Å²) in [6, 6.07) is 2.37. The lowest BCUT2D eigenvalue weighted by atomic mass is 10.3. The molecule has 7 nitrogen and oxygen atoms in total. The lowest BCUT2D eigenvalue weighted by Gasteiger charge is -2.02. The molecule has 2 aromatic rings. The molecule has 0 aliphatic carbocycles. The zero-order chi connectivity index (χ0) is 12.4. The highest BCUT2D eigenvalue weighted by Gasteiger charge is 2.08. The van der Waals surface area contributed by atoms with Gasteiger partial charge in [-0.2, -0.15) is 10.2 Å². The van der Waals surface area contributed by atoms with Crippen molar-refractivity contribution in [1.82, 2.24) is 19.6 Å². The molecule has 0 aliphatic rings. The Kier molecular flexibility index (Phi) is 2.73. The standard InChI is InChI=1S/C10H10N4O3/c1-13-5-7(4-11-13)6-14-9(15)3-2-8(12-14)10(16)17/h2-5H,6H2,1H3,(H,16,17). The predicted octanol–water partition coefficient (Wildman–Crippen LogP) is -0.277. The van der Waals surface area contributed by atoms with Gasteiger partial charge in [0.05, 0.1) is 12.7 Å². The monoisotopic (exact) mass is 234 g/mol. The van der Waals surface area contributed by atoms with Crippen LogP contribution in [0, 0.1) is 0 Å². The topological polar surface area (TPSA) is 90.0 Å². The van der Waals surface area contributed by atoms with Gasteiger partial charge < -0.3 is 5.11 Å². The molecule has 0 unspecified atom stereocenters. The van der Waals surface area contributed by atoms with Crippen molar-refractivity contribution >= 4 is 5.97 Å². The first-order valence-electron chi connectivity index (χ1n) is 4.85. The molecule has 1 N–H and O–H groups in total. The summed E-state index contributed by atoms with van der Waals surface area (Å²) in [5, 5.41) is 16.5. The van der Waals surface area contributed by atoms with E-state index in [4.69, 9.17) is 5.11 Å². The van der Waals surface area contributed by atoms with E-state index in [0.29, 0.717) is 0 Å². The zero-order valence-corrected chi connectivity index (χ0v) is 9.07. The van der Waals surface area contributed by atoms with Crippen LogP contribution in [-0.2, 0) is 13.6 Å². The summed E-state index contributed by atoms with van der Waals surface area (Å²) in [6.07, 6.45) is 3.34. The largest absolute Gasteiger partial charge is 0.476 e. The summed E-state index contributed by atoms with van der Waals surface area (Å²) in [4.78, 5) is 22.2. The van der Waals surface area contributed by atoms with E-state index in [1.165, 1.54) is 12.1 Å². The van der Waals surface area contributed by atoms with Crippen molar-refractivity contribution in [1.29, 1.82) is 0 Å². The van der Waals surface area contributed by atoms with Gasteiger partial charge in [-0.1, -0.05) is 0 Å². The Morgan fingerprint density at radius 2 is 2.24 bits per heavy atom. The van der Waals surface area contributed by atoms with E-state index in [1.54, 1.807) is 24.1 Å². The minimum atomic E-state index is -1.16. The smallest absolute Gasteiger partial charge is 0.356 e. The van der Waals surface area contributed by atoms with Gasteiger partial charge in [0.15, 0.2) is 5.69 Å². The second-order valence-electron chi connectivity index (χ2n) is 3.54. The second-order valence-corrected chi connectivity index (χ2v) is 3.54. The van der Waals surface area contributed by atoms with Gasteiger partial charge in [0.25, 0.3) is 5.56 Å². The maximum atomic E-state index is 11.5. The highest BCUT2D eigenvalue weighted by Crippen LogP contribution is 1.98. The fraction of sp³-hybridized carbons (Fsp3) is 0.200. The van der Waals surface area contributed by atoms with Gasteiger partial charge in [-0.25, -0.2) is 9.48 Å². The zero-order valence-electron chi connectivity index (χ0n) is 9.07. The molecule has 17 heavy (non-hydrogen) atoms. The Morgan fingerprint density at radius 3 is 2.82 bits per heavy atom. The minimum absolute atomic E-state index is 0.159. The fourth-order valence-electron chi connectivity index (χ4n) is 1.40. The quantitative estimate of drug-likeness (QED) is 0.789. The molecule has 0 radical (unpaired) electrons. The summed E-state index contributed by atoms with van der Waals surface area (Å²) in [5.41, 5.74) is 0.275. The maximum absolute atomic E-state index is 11.5.